The number of esters is 1. The molecule has 0 aliphatic heterocycles. The standard InChI is InChI=1S/C26H30O3/c1-18(2)23(27)29-22-17-21-15-16-25(22,24(21,3)4)26(28,19-11-7-5-8-12-19)20-13-9-6-10-14-20/h5-14,21-22,28H,1,15-17H2,2-4H3/t21-,22-,25-/m1/s1. The molecule has 2 aromatic carbocycles. The molecule has 29 heavy (non-hydrogen) atoms. The number of carbonyl (C=O) groups excluding carboxylic acids is 1. The van der Waals surface area contributed by atoms with E-state index in [9.17, 15) is 9.90 Å². The molecule has 2 aliphatic carbocycles. The van der Waals surface area contributed by atoms with Gasteiger partial charge in [0.2, 0.25) is 0 Å². The van der Waals surface area contributed by atoms with Gasteiger partial charge in [-0.1, -0.05) is 81.1 Å². The van der Waals surface area contributed by atoms with E-state index in [4.69, 9.17) is 4.74 Å². The Morgan fingerprint density at radius 3 is 2.03 bits per heavy atom. The van der Waals surface area contributed by atoms with Gasteiger partial charge in [-0.3, -0.25) is 0 Å². The van der Waals surface area contributed by atoms with Crippen LogP contribution in [0.15, 0.2) is 72.8 Å². The van der Waals surface area contributed by atoms with E-state index >= 15 is 0 Å². The predicted molar refractivity (Wildman–Crippen MR) is 114 cm³/mol. The molecule has 3 atom stereocenters. The topological polar surface area (TPSA) is 46.5 Å². The molecule has 0 radical (unpaired) electrons. The van der Waals surface area contributed by atoms with Gasteiger partial charge >= 0.3 is 5.97 Å². The molecular formula is C26H30O3. The van der Waals surface area contributed by atoms with Crippen molar-refractivity contribution in [3.05, 3.63) is 83.9 Å². The Hall–Kier alpha value is -2.39. The Labute approximate surface area is 173 Å². The molecule has 0 unspecified atom stereocenters. The second kappa shape index (κ2) is 6.84. The van der Waals surface area contributed by atoms with Crippen LogP contribution in [-0.4, -0.2) is 17.2 Å². The molecule has 3 nitrogen and oxygen atoms in total. The first-order valence-corrected chi connectivity index (χ1v) is 10.4. The highest BCUT2D eigenvalue weighted by atomic mass is 16.5. The summed E-state index contributed by atoms with van der Waals surface area (Å²) in [6.07, 6.45) is 2.23. The molecule has 152 valence electrons. The van der Waals surface area contributed by atoms with E-state index in [1.807, 2.05) is 60.7 Å². The van der Waals surface area contributed by atoms with E-state index in [0.29, 0.717) is 11.5 Å². The van der Waals surface area contributed by atoms with Gasteiger partial charge in [0.1, 0.15) is 11.7 Å². The molecule has 3 heteroatoms. The zero-order valence-corrected chi connectivity index (χ0v) is 17.5. The predicted octanol–water partition coefficient (Wildman–Crippen LogP) is 5.24. The first-order chi connectivity index (χ1) is 13.7. The first kappa shape index (κ1) is 19.9. The monoisotopic (exact) mass is 390 g/mol. The number of hydrogen-bond donors (Lipinski definition) is 1. The van der Waals surface area contributed by atoms with Crippen LogP contribution in [0.25, 0.3) is 0 Å². The minimum atomic E-state index is -1.27. The van der Waals surface area contributed by atoms with E-state index < -0.39 is 11.0 Å². The van der Waals surface area contributed by atoms with E-state index in [1.54, 1.807) is 6.92 Å². The van der Waals surface area contributed by atoms with Crippen molar-refractivity contribution < 1.29 is 14.6 Å². The van der Waals surface area contributed by atoms with Crippen LogP contribution in [0.3, 0.4) is 0 Å². The lowest BCUT2D eigenvalue weighted by Crippen LogP contribution is -2.57. The largest absolute Gasteiger partial charge is 0.458 e. The van der Waals surface area contributed by atoms with Gasteiger partial charge in [-0.15, -0.1) is 0 Å². The van der Waals surface area contributed by atoms with Gasteiger partial charge in [0.15, 0.2) is 0 Å². The Balaban J connectivity index is 1.96. The van der Waals surface area contributed by atoms with Crippen LogP contribution in [0.5, 0.6) is 0 Å². The summed E-state index contributed by atoms with van der Waals surface area (Å²) in [4.78, 5) is 12.5. The van der Waals surface area contributed by atoms with Crippen LogP contribution >= 0.6 is 0 Å². The van der Waals surface area contributed by atoms with Gasteiger partial charge < -0.3 is 9.84 Å². The Bertz CT molecular complexity index is 876. The normalized spacial score (nSPS) is 27.6. The van der Waals surface area contributed by atoms with Crippen molar-refractivity contribution in [2.75, 3.05) is 0 Å². The molecule has 0 saturated heterocycles. The van der Waals surface area contributed by atoms with Gasteiger partial charge in [-0.25, -0.2) is 4.79 Å². The summed E-state index contributed by atoms with van der Waals surface area (Å²) in [5.74, 6) is 0.0190. The average Bonchev–Trinajstić information content (AvgIpc) is 3.11. The van der Waals surface area contributed by atoms with E-state index in [-0.39, 0.29) is 17.5 Å². The number of hydrogen-bond acceptors (Lipinski definition) is 3. The number of carbonyl (C=O) groups is 1. The highest BCUT2D eigenvalue weighted by Crippen LogP contribution is 2.73. The molecule has 2 fully saturated rings. The zero-order valence-electron chi connectivity index (χ0n) is 17.5. The van der Waals surface area contributed by atoms with Gasteiger partial charge in [0, 0.05) is 11.0 Å². The molecule has 2 bridgehead atoms. The molecule has 0 heterocycles. The lowest BCUT2D eigenvalue weighted by atomic mass is 9.54. The zero-order chi connectivity index (χ0) is 20.9. The lowest BCUT2D eigenvalue weighted by Gasteiger charge is -2.53. The summed E-state index contributed by atoms with van der Waals surface area (Å²) in [7, 11) is 0. The van der Waals surface area contributed by atoms with Crippen molar-refractivity contribution in [2.24, 2.45) is 16.7 Å². The van der Waals surface area contributed by atoms with Crippen LogP contribution in [-0.2, 0) is 15.1 Å². The van der Waals surface area contributed by atoms with Crippen LogP contribution in [0, 0.1) is 16.7 Å². The van der Waals surface area contributed by atoms with Crippen molar-refractivity contribution in [3.8, 4) is 0 Å². The Morgan fingerprint density at radius 1 is 1.07 bits per heavy atom. The Morgan fingerprint density at radius 2 is 1.59 bits per heavy atom. The fraction of sp³-hybridized carbons (Fsp3) is 0.423. The van der Waals surface area contributed by atoms with Crippen molar-refractivity contribution in [1.82, 2.24) is 0 Å². The number of rotatable bonds is 5. The summed E-state index contributed by atoms with van der Waals surface area (Å²) in [5, 5.41) is 12.7. The summed E-state index contributed by atoms with van der Waals surface area (Å²) in [6, 6.07) is 19.7. The molecule has 0 aromatic heterocycles. The average molecular weight is 391 g/mol. The number of benzene rings is 2. The van der Waals surface area contributed by atoms with Crippen molar-refractivity contribution >= 4 is 5.97 Å². The highest BCUT2D eigenvalue weighted by molar-refractivity contribution is 5.87. The third kappa shape index (κ3) is 2.63. The second-order valence-corrected chi connectivity index (χ2v) is 9.28. The molecule has 0 spiro atoms. The smallest absolute Gasteiger partial charge is 0.333 e. The summed E-state index contributed by atoms with van der Waals surface area (Å²) >= 11 is 0. The van der Waals surface area contributed by atoms with Gasteiger partial charge in [-0.2, -0.15) is 0 Å². The summed E-state index contributed by atoms with van der Waals surface area (Å²) in [6.45, 7) is 9.90. The van der Waals surface area contributed by atoms with Crippen LogP contribution in [0.1, 0.15) is 51.2 Å². The van der Waals surface area contributed by atoms with Crippen molar-refractivity contribution in [1.29, 1.82) is 0 Å². The van der Waals surface area contributed by atoms with E-state index in [2.05, 4.69) is 20.4 Å². The number of aliphatic hydroxyl groups is 1. The minimum absolute atomic E-state index is 0.201. The molecular weight excluding hydrogens is 360 g/mol. The third-order valence-electron chi connectivity index (χ3n) is 7.73. The van der Waals surface area contributed by atoms with Crippen LogP contribution < -0.4 is 0 Å². The van der Waals surface area contributed by atoms with Crippen molar-refractivity contribution in [3.63, 3.8) is 0 Å². The van der Waals surface area contributed by atoms with Gasteiger partial charge in [0.25, 0.3) is 0 Å². The van der Waals surface area contributed by atoms with Gasteiger partial charge in [0.05, 0.1) is 0 Å². The van der Waals surface area contributed by atoms with E-state index in [0.717, 1.165) is 30.4 Å². The molecule has 0 amide bonds. The maximum Gasteiger partial charge on any atom is 0.333 e. The van der Waals surface area contributed by atoms with E-state index in [1.165, 1.54) is 0 Å². The summed E-state index contributed by atoms with van der Waals surface area (Å²) in [5.41, 5.74) is -0.0175. The fourth-order valence-electron chi connectivity index (χ4n) is 6.20. The molecule has 2 aromatic rings. The van der Waals surface area contributed by atoms with Crippen LogP contribution in [0.4, 0.5) is 0 Å². The van der Waals surface area contributed by atoms with Crippen molar-refractivity contribution in [2.45, 2.75) is 51.7 Å². The number of fused-ring (bicyclic) bond motifs is 2. The van der Waals surface area contributed by atoms with Crippen LogP contribution in [0.2, 0.25) is 0 Å². The Kier molecular flexibility index (Phi) is 4.70. The quantitative estimate of drug-likeness (QED) is 0.561. The molecule has 4 rings (SSSR count). The highest BCUT2D eigenvalue weighted by Gasteiger charge is 2.74. The maximum absolute atomic E-state index is 12.7. The number of ether oxygens (including phenoxy) is 1. The maximum atomic E-state index is 12.7. The third-order valence-corrected chi connectivity index (χ3v) is 7.73. The summed E-state index contributed by atoms with van der Waals surface area (Å²) < 4.78 is 6.04. The first-order valence-electron chi connectivity index (χ1n) is 10.4. The molecule has 2 saturated carbocycles. The molecule has 2 aliphatic rings. The van der Waals surface area contributed by atoms with Gasteiger partial charge in [-0.05, 0) is 48.6 Å². The lowest BCUT2D eigenvalue weighted by molar-refractivity contribution is -0.181. The second-order valence-electron chi connectivity index (χ2n) is 9.28. The molecule has 1 N–H and O–H groups in total. The minimum Gasteiger partial charge on any atom is -0.458 e. The fourth-order valence-corrected chi connectivity index (χ4v) is 6.20. The SMILES string of the molecule is C=C(C)C(=O)O[C@@H]1C[C@H]2CC[C@]1(C(O)(c1ccccc1)c1ccccc1)C2(C)C.